The highest BCUT2D eigenvalue weighted by atomic mass is 79.9. The molecule has 0 fully saturated rings. The smallest absolute Gasteiger partial charge is 0.328 e. The van der Waals surface area contributed by atoms with Gasteiger partial charge in [0.25, 0.3) is 5.56 Å². The molecule has 0 aliphatic rings. The number of aromatic hydroxyl groups is 1. The van der Waals surface area contributed by atoms with Gasteiger partial charge in [0.15, 0.2) is 0 Å². The van der Waals surface area contributed by atoms with E-state index in [2.05, 4.69) is 25.9 Å². The van der Waals surface area contributed by atoms with E-state index in [9.17, 15) is 14.7 Å². The first-order valence-corrected chi connectivity index (χ1v) is 6.61. The number of aromatic amines is 2. The zero-order valence-corrected chi connectivity index (χ0v) is 12.1. The minimum Gasteiger partial charge on any atom is -0.494 e. The molecule has 0 amide bonds. The van der Waals surface area contributed by atoms with E-state index in [0.29, 0.717) is 0 Å². The van der Waals surface area contributed by atoms with Crippen LogP contribution < -0.4 is 11.2 Å². The van der Waals surface area contributed by atoms with Crippen LogP contribution in [0.1, 0.15) is 24.1 Å². The fourth-order valence-electron chi connectivity index (χ4n) is 1.62. The van der Waals surface area contributed by atoms with E-state index < -0.39 is 17.1 Å². The maximum Gasteiger partial charge on any atom is 0.328 e. The van der Waals surface area contributed by atoms with E-state index in [1.54, 1.807) is 0 Å². The van der Waals surface area contributed by atoms with Crippen molar-refractivity contribution in [2.24, 2.45) is 4.99 Å². The van der Waals surface area contributed by atoms with Crippen LogP contribution in [0.5, 0.6) is 5.88 Å². The Labute approximate surface area is 122 Å². The van der Waals surface area contributed by atoms with Crippen molar-refractivity contribution in [3.8, 4) is 5.88 Å². The molecule has 0 saturated heterocycles. The largest absolute Gasteiger partial charge is 0.494 e. The first-order chi connectivity index (χ1) is 9.47. The maximum atomic E-state index is 11.5. The van der Waals surface area contributed by atoms with Crippen molar-refractivity contribution in [3.63, 3.8) is 0 Å². The summed E-state index contributed by atoms with van der Waals surface area (Å²) in [5.41, 5.74) is -0.554. The van der Waals surface area contributed by atoms with Crippen LogP contribution in [0.3, 0.4) is 0 Å². The monoisotopic (exact) mass is 337 g/mol. The minimum atomic E-state index is -0.759. The quantitative estimate of drug-likeness (QED) is 0.743. The topological polar surface area (TPSA) is 98.3 Å². The summed E-state index contributed by atoms with van der Waals surface area (Å²) in [6.07, 6.45) is 1.25. The summed E-state index contributed by atoms with van der Waals surface area (Å²) < 4.78 is 0.965. The van der Waals surface area contributed by atoms with Crippen molar-refractivity contribution in [1.29, 1.82) is 0 Å². The highest BCUT2D eigenvalue weighted by Crippen LogP contribution is 2.19. The van der Waals surface area contributed by atoms with Crippen molar-refractivity contribution in [3.05, 3.63) is 60.7 Å². The SMILES string of the molecule is C[C@@H](N=Cc1c(O)[nH]c(=O)[nH]c1=O)c1ccc(Br)cc1. The van der Waals surface area contributed by atoms with Gasteiger partial charge in [0.05, 0.1) is 6.04 Å². The van der Waals surface area contributed by atoms with Gasteiger partial charge in [0, 0.05) is 10.7 Å². The van der Waals surface area contributed by atoms with Gasteiger partial charge in [-0.1, -0.05) is 28.1 Å². The number of aromatic nitrogens is 2. The fourth-order valence-corrected chi connectivity index (χ4v) is 1.88. The van der Waals surface area contributed by atoms with Gasteiger partial charge in [-0.05, 0) is 24.6 Å². The predicted molar refractivity (Wildman–Crippen MR) is 79.5 cm³/mol. The van der Waals surface area contributed by atoms with Crippen molar-refractivity contribution in [2.45, 2.75) is 13.0 Å². The molecule has 0 bridgehead atoms. The minimum absolute atomic E-state index is 0.0754. The zero-order chi connectivity index (χ0) is 14.7. The number of nitrogens with one attached hydrogen (secondary N) is 2. The Bertz CT molecular complexity index is 747. The molecular formula is C13H12BrN3O3. The predicted octanol–water partition coefficient (Wildman–Crippen LogP) is 1.71. The molecule has 0 spiro atoms. The number of H-pyrrole nitrogens is 2. The average Bonchev–Trinajstić information content (AvgIpc) is 2.38. The van der Waals surface area contributed by atoms with Crippen LogP contribution in [-0.4, -0.2) is 21.3 Å². The fraction of sp³-hybridized carbons (Fsp3) is 0.154. The summed E-state index contributed by atoms with van der Waals surface area (Å²) in [5.74, 6) is -0.495. The van der Waals surface area contributed by atoms with Crippen LogP contribution >= 0.6 is 15.9 Å². The van der Waals surface area contributed by atoms with E-state index in [1.807, 2.05) is 36.2 Å². The lowest BCUT2D eigenvalue weighted by atomic mass is 10.1. The van der Waals surface area contributed by atoms with Crippen molar-refractivity contribution in [2.75, 3.05) is 0 Å². The molecule has 2 rings (SSSR count). The van der Waals surface area contributed by atoms with Gasteiger partial charge < -0.3 is 5.11 Å². The molecule has 0 saturated carbocycles. The van der Waals surface area contributed by atoms with Crippen molar-refractivity contribution in [1.82, 2.24) is 9.97 Å². The first-order valence-electron chi connectivity index (χ1n) is 5.81. The van der Waals surface area contributed by atoms with E-state index in [-0.39, 0.29) is 11.6 Å². The molecule has 1 aromatic carbocycles. The number of halogens is 1. The Kier molecular flexibility index (Phi) is 4.19. The van der Waals surface area contributed by atoms with Crippen LogP contribution in [0.4, 0.5) is 0 Å². The normalized spacial score (nSPS) is 12.7. The third-order valence-electron chi connectivity index (χ3n) is 2.74. The standard InChI is InChI=1S/C13H12BrN3O3/c1-7(8-2-4-9(14)5-3-8)15-6-10-11(18)16-13(20)17-12(10)19/h2-7H,1H3,(H3,16,17,18,19,20)/t7-/m1/s1. The van der Waals surface area contributed by atoms with Gasteiger partial charge in [-0.15, -0.1) is 0 Å². The first kappa shape index (κ1) is 14.3. The summed E-state index contributed by atoms with van der Waals surface area (Å²) in [6.45, 7) is 1.86. The average molecular weight is 338 g/mol. The number of benzene rings is 1. The van der Waals surface area contributed by atoms with Gasteiger partial charge in [-0.2, -0.15) is 0 Å². The van der Waals surface area contributed by atoms with Gasteiger partial charge in [-0.25, -0.2) is 4.79 Å². The molecular weight excluding hydrogens is 326 g/mol. The third kappa shape index (κ3) is 3.24. The Morgan fingerprint density at radius 3 is 2.50 bits per heavy atom. The molecule has 0 unspecified atom stereocenters. The second-order valence-corrected chi connectivity index (χ2v) is 5.09. The highest BCUT2D eigenvalue weighted by molar-refractivity contribution is 9.10. The summed E-state index contributed by atoms with van der Waals surface area (Å²) in [7, 11) is 0. The molecule has 3 N–H and O–H groups in total. The van der Waals surface area contributed by atoms with E-state index in [1.165, 1.54) is 6.21 Å². The Balaban J connectivity index is 2.28. The molecule has 0 aliphatic carbocycles. The lowest BCUT2D eigenvalue weighted by Gasteiger charge is -2.06. The number of hydrogen-bond acceptors (Lipinski definition) is 4. The molecule has 1 aromatic heterocycles. The van der Waals surface area contributed by atoms with Gasteiger partial charge in [0.2, 0.25) is 5.88 Å². The Morgan fingerprint density at radius 2 is 1.90 bits per heavy atom. The van der Waals surface area contributed by atoms with E-state index in [0.717, 1.165) is 10.0 Å². The third-order valence-corrected chi connectivity index (χ3v) is 3.27. The summed E-state index contributed by atoms with van der Waals surface area (Å²) in [5, 5.41) is 9.52. The van der Waals surface area contributed by atoms with E-state index in [4.69, 9.17) is 0 Å². The molecule has 20 heavy (non-hydrogen) atoms. The molecule has 104 valence electrons. The summed E-state index contributed by atoms with van der Waals surface area (Å²) in [6, 6.07) is 7.41. The van der Waals surface area contributed by atoms with E-state index >= 15 is 0 Å². The molecule has 6 nitrogen and oxygen atoms in total. The van der Waals surface area contributed by atoms with Crippen LogP contribution in [0, 0.1) is 0 Å². The van der Waals surface area contributed by atoms with Crippen LogP contribution in [0.2, 0.25) is 0 Å². The highest BCUT2D eigenvalue weighted by Gasteiger charge is 2.07. The Hall–Kier alpha value is -2.15. The van der Waals surface area contributed by atoms with Crippen molar-refractivity contribution < 1.29 is 5.11 Å². The molecule has 2 aromatic rings. The molecule has 1 heterocycles. The maximum absolute atomic E-state index is 11.5. The number of rotatable bonds is 3. The van der Waals surface area contributed by atoms with Gasteiger partial charge >= 0.3 is 5.69 Å². The number of hydrogen-bond donors (Lipinski definition) is 3. The number of aliphatic imine (C=N–C) groups is 1. The summed E-state index contributed by atoms with van der Waals surface area (Å²) in [4.78, 5) is 30.8. The molecule has 0 aliphatic heterocycles. The van der Waals surface area contributed by atoms with Gasteiger partial charge in [-0.3, -0.25) is 19.8 Å². The molecule has 1 atom stereocenters. The Morgan fingerprint density at radius 1 is 1.25 bits per heavy atom. The van der Waals surface area contributed by atoms with Gasteiger partial charge in [0.1, 0.15) is 5.56 Å². The number of nitrogens with zero attached hydrogens (tertiary/aromatic N) is 1. The zero-order valence-electron chi connectivity index (χ0n) is 10.6. The van der Waals surface area contributed by atoms with Crippen LogP contribution in [0.25, 0.3) is 0 Å². The summed E-state index contributed by atoms with van der Waals surface area (Å²) >= 11 is 3.35. The van der Waals surface area contributed by atoms with Crippen molar-refractivity contribution >= 4 is 22.1 Å². The molecule has 7 heteroatoms. The second-order valence-electron chi connectivity index (χ2n) is 4.18. The van der Waals surface area contributed by atoms with Crippen LogP contribution in [-0.2, 0) is 0 Å². The second kappa shape index (κ2) is 5.87. The molecule has 0 radical (unpaired) electrons. The lowest BCUT2D eigenvalue weighted by molar-refractivity contribution is 0.447. The van der Waals surface area contributed by atoms with Crippen LogP contribution in [0.15, 0.2) is 43.3 Å². The lowest BCUT2D eigenvalue weighted by Crippen LogP contribution is -2.24.